The van der Waals surface area contributed by atoms with Gasteiger partial charge in [-0.25, -0.2) is 0 Å². The smallest absolute Gasteiger partial charge is 0.237 e. The number of hydrogen-bond acceptors (Lipinski definition) is 3. The number of rotatable bonds is 5. The van der Waals surface area contributed by atoms with Gasteiger partial charge in [0.15, 0.2) is 0 Å². The SMILES string of the molecule is CC(SC(C)C(C)C)C(=O)Nc1c(N)cc(Cl)cc1Cl. The van der Waals surface area contributed by atoms with Gasteiger partial charge < -0.3 is 11.1 Å². The van der Waals surface area contributed by atoms with Crippen LogP contribution in [0.2, 0.25) is 10.0 Å². The molecule has 0 aliphatic rings. The minimum absolute atomic E-state index is 0.113. The van der Waals surface area contributed by atoms with Crippen LogP contribution in [0.4, 0.5) is 11.4 Å². The number of nitrogens with one attached hydrogen (secondary N) is 1. The van der Waals surface area contributed by atoms with Crippen LogP contribution >= 0.6 is 35.0 Å². The van der Waals surface area contributed by atoms with Gasteiger partial charge in [-0.3, -0.25) is 4.79 Å². The summed E-state index contributed by atoms with van der Waals surface area (Å²) >= 11 is 13.5. The van der Waals surface area contributed by atoms with Crippen molar-refractivity contribution in [3.63, 3.8) is 0 Å². The molecule has 2 atom stereocenters. The molecule has 20 heavy (non-hydrogen) atoms. The molecular weight excluding hydrogens is 315 g/mol. The minimum atomic E-state index is -0.182. The van der Waals surface area contributed by atoms with Gasteiger partial charge in [-0.05, 0) is 25.0 Å². The van der Waals surface area contributed by atoms with E-state index < -0.39 is 0 Å². The van der Waals surface area contributed by atoms with Gasteiger partial charge in [-0.1, -0.05) is 44.0 Å². The van der Waals surface area contributed by atoms with Crippen LogP contribution in [0.15, 0.2) is 12.1 Å². The molecule has 6 heteroatoms. The Kier molecular flexibility index (Phi) is 6.49. The number of amides is 1. The van der Waals surface area contributed by atoms with E-state index >= 15 is 0 Å². The van der Waals surface area contributed by atoms with Gasteiger partial charge in [-0.2, -0.15) is 0 Å². The van der Waals surface area contributed by atoms with Crippen LogP contribution in [0.25, 0.3) is 0 Å². The third-order valence-corrected chi connectivity index (χ3v) is 5.17. The average molecular weight is 335 g/mol. The predicted octanol–water partition coefficient (Wildman–Crippen LogP) is 4.68. The summed E-state index contributed by atoms with van der Waals surface area (Å²) in [4.78, 5) is 12.2. The average Bonchev–Trinajstić information content (AvgIpc) is 2.32. The highest BCUT2D eigenvalue weighted by Crippen LogP contribution is 2.33. The number of carbonyl (C=O) groups excluding carboxylic acids is 1. The topological polar surface area (TPSA) is 55.1 Å². The van der Waals surface area contributed by atoms with Crippen molar-refractivity contribution in [2.45, 2.75) is 38.2 Å². The maximum atomic E-state index is 12.2. The summed E-state index contributed by atoms with van der Waals surface area (Å²) < 4.78 is 0. The van der Waals surface area contributed by atoms with E-state index in [4.69, 9.17) is 28.9 Å². The summed E-state index contributed by atoms with van der Waals surface area (Å²) in [6, 6.07) is 3.13. The molecule has 0 saturated heterocycles. The quantitative estimate of drug-likeness (QED) is 0.768. The van der Waals surface area contributed by atoms with E-state index in [1.54, 1.807) is 23.9 Å². The van der Waals surface area contributed by atoms with Crippen LogP contribution in [0.1, 0.15) is 27.7 Å². The standard InChI is InChI=1S/C14H20Cl2N2OS/c1-7(2)8(3)20-9(4)14(19)18-13-11(16)5-10(15)6-12(13)17/h5-9H,17H2,1-4H3,(H,18,19). The molecule has 0 fully saturated rings. The Labute approximate surface area is 134 Å². The summed E-state index contributed by atoms with van der Waals surface area (Å²) in [5, 5.41) is 3.78. The molecule has 0 heterocycles. The molecule has 0 aromatic heterocycles. The number of halogens is 2. The van der Waals surface area contributed by atoms with Crippen molar-refractivity contribution in [3.05, 3.63) is 22.2 Å². The van der Waals surface area contributed by atoms with Crippen molar-refractivity contribution in [1.82, 2.24) is 0 Å². The molecule has 1 aromatic rings. The lowest BCUT2D eigenvalue weighted by atomic mass is 10.2. The highest BCUT2D eigenvalue weighted by Gasteiger charge is 2.20. The molecule has 0 aliphatic heterocycles. The van der Waals surface area contributed by atoms with Crippen molar-refractivity contribution in [2.24, 2.45) is 5.92 Å². The molecule has 0 radical (unpaired) electrons. The maximum Gasteiger partial charge on any atom is 0.237 e. The number of anilines is 2. The minimum Gasteiger partial charge on any atom is -0.397 e. The largest absolute Gasteiger partial charge is 0.397 e. The van der Waals surface area contributed by atoms with Crippen molar-refractivity contribution >= 4 is 52.2 Å². The molecule has 3 nitrogen and oxygen atoms in total. The second kappa shape index (κ2) is 7.43. The number of carbonyl (C=O) groups is 1. The Bertz CT molecular complexity index is 471. The van der Waals surface area contributed by atoms with E-state index in [-0.39, 0.29) is 11.2 Å². The molecule has 0 aliphatic carbocycles. The number of nitrogens with two attached hydrogens (primary N) is 1. The number of nitrogen functional groups attached to an aromatic ring is 1. The molecule has 0 spiro atoms. The molecule has 112 valence electrons. The fourth-order valence-corrected chi connectivity index (χ4v) is 3.19. The van der Waals surface area contributed by atoms with E-state index in [0.29, 0.717) is 32.6 Å². The zero-order valence-electron chi connectivity index (χ0n) is 12.0. The molecule has 2 unspecified atom stereocenters. The molecule has 1 amide bonds. The van der Waals surface area contributed by atoms with Crippen LogP contribution in [0.3, 0.4) is 0 Å². The van der Waals surface area contributed by atoms with Gasteiger partial charge in [0.05, 0.1) is 21.6 Å². The van der Waals surface area contributed by atoms with Crippen molar-refractivity contribution in [1.29, 1.82) is 0 Å². The van der Waals surface area contributed by atoms with Gasteiger partial charge in [0.1, 0.15) is 0 Å². The Morgan fingerprint density at radius 1 is 1.25 bits per heavy atom. The van der Waals surface area contributed by atoms with Crippen LogP contribution in [-0.4, -0.2) is 16.4 Å². The van der Waals surface area contributed by atoms with E-state index in [1.807, 2.05) is 6.92 Å². The van der Waals surface area contributed by atoms with Gasteiger partial charge in [0.25, 0.3) is 0 Å². The Balaban J connectivity index is 2.76. The van der Waals surface area contributed by atoms with E-state index in [0.717, 1.165) is 0 Å². The van der Waals surface area contributed by atoms with E-state index in [9.17, 15) is 4.79 Å². The van der Waals surface area contributed by atoms with Crippen molar-refractivity contribution in [2.75, 3.05) is 11.1 Å². The summed E-state index contributed by atoms with van der Waals surface area (Å²) in [7, 11) is 0. The number of thioether (sulfide) groups is 1. The van der Waals surface area contributed by atoms with Crippen LogP contribution in [-0.2, 0) is 4.79 Å². The van der Waals surface area contributed by atoms with Gasteiger partial charge in [0.2, 0.25) is 5.91 Å². The van der Waals surface area contributed by atoms with Gasteiger partial charge >= 0.3 is 0 Å². The second-order valence-electron chi connectivity index (χ2n) is 5.07. The molecule has 0 saturated carbocycles. The Hall–Kier alpha value is -0.580. The lowest BCUT2D eigenvalue weighted by Crippen LogP contribution is -2.26. The van der Waals surface area contributed by atoms with Gasteiger partial charge in [-0.15, -0.1) is 11.8 Å². The molecule has 1 aromatic carbocycles. The summed E-state index contributed by atoms with van der Waals surface area (Å²) in [6.07, 6.45) is 0. The number of benzene rings is 1. The Morgan fingerprint density at radius 3 is 2.35 bits per heavy atom. The first kappa shape index (κ1) is 17.5. The van der Waals surface area contributed by atoms with Crippen molar-refractivity contribution in [3.8, 4) is 0 Å². The number of hydrogen-bond donors (Lipinski definition) is 2. The normalized spacial score (nSPS) is 14.2. The monoisotopic (exact) mass is 334 g/mol. The summed E-state index contributed by atoms with van der Waals surface area (Å²) in [5.74, 6) is 0.401. The first-order valence-corrected chi connectivity index (χ1v) is 8.13. The predicted molar refractivity (Wildman–Crippen MR) is 90.9 cm³/mol. The third kappa shape index (κ3) is 4.76. The summed E-state index contributed by atoms with van der Waals surface area (Å²) in [6.45, 7) is 8.26. The molecule has 3 N–H and O–H groups in total. The second-order valence-corrected chi connectivity index (χ2v) is 7.64. The molecule has 1 rings (SSSR count). The van der Waals surface area contributed by atoms with Crippen LogP contribution < -0.4 is 11.1 Å². The zero-order chi connectivity index (χ0) is 15.4. The van der Waals surface area contributed by atoms with E-state index in [2.05, 4.69) is 26.1 Å². The van der Waals surface area contributed by atoms with Crippen LogP contribution in [0.5, 0.6) is 0 Å². The summed E-state index contributed by atoms with van der Waals surface area (Å²) in [5.41, 5.74) is 6.62. The lowest BCUT2D eigenvalue weighted by molar-refractivity contribution is -0.115. The molecular formula is C14H20Cl2N2OS. The molecule has 0 bridgehead atoms. The lowest BCUT2D eigenvalue weighted by Gasteiger charge is -2.20. The fourth-order valence-electron chi connectivity index (χ4n) is 1.49. The van der Waals surface area contributed by atoms with E-state index in [1.165, 1.54) is 0 Å². The highest BCUT2D eigenvalue weighted by molar-refractivity contribution is 8.01. The highest BCUT2D eigenvalue weighted by atomic mass is 35.5. The Morgan fingerprint density at radius 2 is 1.85 bits per heavy atom. The van der Waals surface area contributed by atoms with Gasteiger partial charge in [0, 0.05) is 10.3 Å². The first-order valence-electron chi connectivity index (χ1n) is 6.43. The third-order valence-electron chi connectivity index (χ3n) is 3.06. The fraction of sp³-hybridized carbons (Fsp3) is 0.500. The van der Waals surface area contributed by atoms with Crippen molar-refractivity contribution < 1.29 is 4.79 Å². The maximum absolute atomic E-state index is 12.2. The first-order chi connectivity index (χ1) is 9.22. The zero-order valence-corrected chi connectivity index (χ0v) is 14.4. The van der Waals surface area contributed by atoms with Crippen LogP contribution in [0, 0.1) is 5.92 Å².